The van der Waals surface area contributed by atoms with E-state index >= 15 is 0 Å². The fourth-order valence-electron chi connectivity index (χ4n) is 2.05. The van der Waals surface area contributed by atoms with Crippen LogP contribution in [-0.4, -0.2) is 11.7 Å². The van der Waals surface area contributed by atoms with Gasteiger partial charge in [0.05, 0.1) is 0 Å². The molecule has 4 heteroatoms. The molecule has 0 spiro atoms. The standard InChI is InChI=1S/C13H14F2O2/c14-13(15)17-11-8-4-3-7-10(11)12(16)9-5-1-2-6-9/h3-5,7-8,12-13,16H,1-2,6H2. The molecule has 0 bridgehead atoms. The molecule has 1 atom stereocenters. The monoisotopic (exact) mass is 240 g/mol. The first-order valence-electron chi connectivity index (χ1n) is 5.59. The van der Waals surface area contributed by atoms with Crippen LogP contribution in [0.3, 0.4) is 0 Å². The summed E-state index contributed by atoms with van der Waals surface area (Å²) in [5.74, 6) is 0.0443. The molecule has 0 saturated heterocycles. The van der Waals surface area contributed by atoms with Crippen LogP contribution in [0.25, 0.3) is 0 Å². The number of halogens is 2. The lowest BCUT2D eigenvalue weighted by Gasteiger charge is -2.16. The molecule has 0 heterocycles. The zero-order valence-electron chi connectivity index (χ0n) is 9.27. The number of rotatable bonds is 4. The summed E-state index contributed by atoms with van der Waals surface area (Å²) in [6.45, 7) is -2.87. The van der Waals surface area contributed by atoms with Crippen molar-refractivity contribution >= 4 is 0 Å². The van der Waals surface area contributed by atoms with Gasteiger partial charge in [-0.2, -0.15) is 8.78 Å². The Balaban J connectivity index is 2.24. The maximum absolute atomic E-state index is 12.2. The zero-order valence-corrected chi connectivity index (χ0v) is 9.27. The van der Waals surface area contributed by atoms with Gasteiger partial charge >= 0.3 is 6.61 Å². The van der Waals surface area contributed by atoms with E-state index in [0.717, 1.165) is 24.8 Å². The minimum Gasteiger partial charge on any atom is -0.434 e. The average Bonchev–Trinajstić information content (AvgIpc) is 2.81. The molecule has 17 heavy (non-hydrogen) atoms. The Bertz CT molecular complexity index is 416. The molecular weight excluding hydrogens is 226 g/mol. The molecule has 0 radical (unpaired) electrons. The molecule has 0 fully saturated rings. The molecule has 1 aliphatic carbocycles. The van der Waals surface area contributed by atoms with E-state index < -0.39 is 12.7 Å². The predicted octanol–water partition coefficient (Wildman–Crippen LogP) is 3.43. The van der Waals surface area contributed by atoms with Crippen molar-refractivity contribution in [3.8, 4) is 5.75 Å². The number of benzene rings is 1. The minimum absolute atomic E-state index is 0.0443. The van der Waals surface area contributed by atoms with E-state index in [9.17, 15) is 13.9 Å². The van der Waals surface area contributed by atoms with Gasteiger partial charge in [0.25, 0.3) is 0 Å². The SMILES string of the molecule is OC(C1=CCCC1)c1ccccc1OC(F)F. The van der Waals surface area contributed by atoms with E-state index in [1.165, 1.54) is 6.07 Å². The Morgan fingerprint density at radius 2 is 2.00 bits per heavy atom. The summed E-state index contributed by atoms with van der Waals surface area (Å²) >= 11 is 0. The largest absolute Gasteiger partial charge is 0.434 e. The smallest absolute Gasteiger partial charge is 0.387 e. The van der Waals surface area contributed by atoms with E-state index in [1.54, 1.807) is 18.2 Å². The normalized spacial score (nSPS) is 17.1. The molecular formula is C13H14F2O2. The van der Waals surface area contributed by atoms with Crippen molar-refractivity contribution in [2.75, 3.05) is 0 Å². The number of para-hydroxylation sites is 1. The highest BCUT2D eigenvalue weighted by atomic mass is 19.3. The second-order valence-electron chi connectivity index (χ2n) is 3.99. The molecule has 0 aromatic heterocycles. The van der Waals surface area contributed by atoms with Crippen LogP contribution in [0.15, 0.2) is 35.9 Å². The fourth-order valence-corrected chi connectivity index (χ4v) is 2.05. The maximum Gasteiger partial charge on any atom is 0.387 e. The molecule has 0 amide bonds. The molecule has 2 nitrogen and oxygen atoms in total. The van der Waals surface area contributed by atoms with Crippen molar-refractivity contribution < 1.29 is 18.6 Å². The van der Waals surface area contributed by atoms with Crippen molar-refractivity contribution in [1.29, 1.82) is 0 Å². The lowest BCUT2D eigenvalue weighted by Crippen LogP contribution is -2.08. The third kappa shape index (κ3) is 2.82. The van der Waals surface area contributed by atoms with Crippen LogP contribution in [0.1, 0.15) is 30.9 Å². The first kappa shape index (κ1) is 12.0. The zero-order chi connectivity index (χ0) is 12.3. The van der Waals surface area contributed by atoms with Crippen LogP contribution in [0, 0.1) is 0 Å². The molecule has 1 aromatic carbocycles. The van der Waals surface area contributed by atoms with Gasteiger partial charge in [0.1, 0.15) is 11.9 Å². The van der Waals surface area contributed by atoms with E-state index in [0.29, 0.717) is 5.56 Å². The second-order valence-corrected chi connectivity index (χ2v) is 3.99. The highest BCUT2D eigenvalue weighted by molar-refractivity contribution is 5.39. The number of hydrogen-bond acceptors (Lipinski definition) is 2. The maximum atomic E-state index is 12.2. The molecule has 1 unspecified atom stereocenters. The van der Waals surface area contributed by atoms with Crippen LogP contribution in [-0.2, 0) is 0 Å². The fraction of sp³-hybridized carbons (Fsp3) is 0.385. The Morgan fingerprint density at radius 1 is 1.24 bits per heavy atom. The number of aliphatic hydroxyl groups excluding tert-OH is 1. The van der Waals surface area contributed by atoms with E-state index in [2.05, 4.69) is 4.74 Å². The number of allylic oxidation sites excluding steroid dienone is 1. The Kier molecular flexibility index (Phi) is 3.74. The summed E-state index contributed by atoms with van der Waals surface area (Å²) in [5, 5.41) is 10.1. The highest BCUT2D eigenvalue weighted by Crippen LogP contribution is 2.35. The van der Waals surface area contributed by atoms with E-state index in [4.69, 9.17) is 0 Å². The lowest BCUT2D eigenvalue weighted by atomic mass is 10.0. The molecule has 0 aliphatic heterocycles. The Morgan fingerprint density at radius 3 is 2.65 bits per heavy atom. The number of hydrogen-bond donors (Lipinski definition) is 1. The van der Waals surface area contributed by atoms with E-state index in [-0.39, 0.29) is 5.75 Å². The summed E-state index contributed by atoms with van der Waals surface area (Å²) in [5.41, 5.74) is 1.29. The number of ether oxygens (including phenoxy) is 1. The summed E-state index contributed by atoms with van der Waals surface area (Å²) in [6, 6.07) is 6.37. The molecule has 1 aliphatic rings. The molecule has 1 aromatic rings. The van der Waals surface area contributed by atoms with Gasteiger partial charge in [-0.3, -0.25) is 0 Å². The molecule has 0 saturated carbocycles. The van der Waals surface area contributed by atoms with Gasteiger partial charge in [-0.05, 0) is 30.9 Å². The highest BCUT2D eigenvalue weighted by Gasteiger charge is 2.20. The van der Waals surface area contributed by atoms with Gasteiger partial charge in [0, 0.05) is 5.56 Å². The van der Waals surface area contributed by atoms with Crippen LogP contribution in [0.5, 0.6) is 5.75 Å². The minimum atomic E-state index is -2.87. The summed E-state index contributed by atoms with van der Waals surface area (Å²) in [4.78, 5) is 0. The topological polar surface area (TPSA) is 29.5 Å². The van der Waals surface area contributed by atoms with E-state index in [1.807, 2.05) is 6.08 Å². The van der Waals surface area contributed by atoms with Crippen LogP contribution in [0.2, 0.25) is 0 Å². The van der Waals surface area contributed by atoms with Crippen LogP contribution in [0.4, 0.5) is 8.78 Å². The summed E-state index contributed by atoms with van der Waals surface area (Å²) in [6.07, 6.45) is 3.87. The first-order valence-corrected chi connectivity index (χ1v) is 5.59. The summed E-state index contributed by atoms with van der Waals surface area (Å²) in [7, 11) is 0. The molecule has 92 valence electrons. The second kappa shape index (κ2) is 5.27. The van der Waals surface area contributed by atoms with Gasteiger partial charge in [0.15, 0.2) is 0 Å². The first-order chi connectivity index (χ1) is 8.18. The van der Waals surface area contributed by atoms with Crippen LogP contribution < -0.4 is 4.74 Å². The van der Waals surface area contributed by atoms with Crippen molar-refractivity contribution in [3.63, 3.8) is 0 Å². The number of aliphatic hydroxyl groups is 1. The molecule has 1 N–H and O–H groups in total. The third-order valence-corrected chi connectivity index (χ3v) is 2.86. The van der Waals surface area contributed by atoms with Gasteiger partial charge < -0.3 is 9.84 Å². The Labute approximate surface area is 98.5 Å². The third-order valence-electron chi connectivity index (χ3n) is 2.86. The van der Waals surface area contributed by atoms with Crippen molar-refractivity contribution in [3.05, 3.63) is 41.5 Å². The van der Waals surface area contributed by atoms with Gasteiger partial charge in [-0.15, -0.1) is 0 Å². The predicted molar refractivity (Wildman–Crippen MR) is 60.0 cm³/mol. The van der Waals surface area contributed by atoms with Gasteiger partial charge in [-0.25, -0.2) is 0 Å². The van der Waals surface area contributed by atoms with Crippen molar-refractivity contribution in [1.82, 2.24) is 0 Å². The molecule has 2 rings (SSSR count). The van der Waals surface area contributed by atoms with Crippen molar-refractivity contribution in [2.24, 2.45) is 0 Å². The quantitative estimate of drug-likeness (QED) is 0.817. The lowest BCUT2D eigenvalue weighted by molar-refractivity contribution is -0.0513. The Hall–Kier alpha value is -1.42. The van der Waals surface area contributed by atoms with Crippen molar-refractivity contribution in [2.45, 2.75) is 32.0 Å². The number of alkyl halides is 2. The van der Waals surface area contributed by atoms with Crippen LogP contribution >= 0.6 is 0 Å². The van der Waals surface area contributed by atoms with Gasteiger partial charge in [-0.1, -0.05) is 24.3 Å². The van der Waals surface area contributed by atoms with Gasteiger partial charge in [0.2, 0.25) is 0 Å². The average molecular weight is 240 g/mol. The summed E-state index contributed by atoms with van der Waals surface area (Å²) < 4.78 is 28.9.